The Bertz CT molecular complexity index is 1440. The summed E-state index contributed by atoms with van der Waals surface area (Å²) in [4.78, 5) is 13.6. The van der Waals surface area contributed by atoms with Crippen LogP contribution in [-0.2, 0) is 27.8 Å². The van der Waals surface area contributed by atoms with Gasteiger partial charge < -0.3 is 10.4 Å². The lowest BCUT2D eigenvalue weighted by molar-refractivity contribution is -0.192. The number of aromatic nitrogens is 3. The van der Waals surface area contributed by atoms with Crippen molar-refractivity contribution in [3.63, 3.8) is 0 Å². The number of carboxylic acids is 1. The molecule has 8 nitrogen and oxygen atoms in total. The van der Waals surface area contributed by atoms with Crippen LogP contribution in [0.1, 0.15) is 11.1 Å². The van der Waals surface area contributed by atoms with Crippen molar-refractivity contribution >= 4 is 54.8 Å². The average Bonchev–Trinajstić information content (AvgIpc) is 3.33. The zero-order valence-corrected chi connectivity index (χ0v) is 18.3. The molecule has 14 heteroatoms. The fourth-order valence-corrected chi connectivity index (χ4v) is 6.26. The smallest absolute Gasteiger partial charge is 0.475 e. The maximum Gasteiger partial charge on any atom is 0.490 e. The highest BCUT2D eigenvalue weighted by Gasteiger charge is 2.38. The number of aliphatic carboxylic acids is 1. The summed E-state index contributed by atoms with van der Waals surface area (Å²) in [5, 5.41) is 13.3. The van der Waals surface area contributed by atoms with Crippen molar-refractivity contribution < 1.29 is 31.5 Å². The van der Waals surface area contributed by atoms with Crippen LogP contribution in [0.4, 0.5) is 13.2 Å². The molecule has 0 spiro atoms. The first-order valence-corrected chi connectivity index (χ1v) is 11.7. The third-order valence-electron chi connectivity index (χ3n) is 4.77. The van der Waals surface area contributed by atoms with Gasteiger partial charge in [0.2, 0.25) is 5.03 Å². The predicted octanol–water partition coefficient (Wildman–Crippen LogP) is 3.52. The molecule has 0 unspecified atom stereocenters. The molecule has 3 aromatic heterocycles. The van der Waals surface area contributed by atoms with Crippen molar-refractivity contribution in [1.82, 2.24) is 18.7 Å². The van der Waals surface area contributed by atoms with Crippen LogP contribution in [0.15, 0.2) is 41.0 Å². The molecule has 0 atom stereocenters. The van der Waals surface area contributed by atoms with Gasteiger partial charge in [-0.05, 0) is 30.2 Å². The number of nitrogens with zero attached hydrogens (tertiary/aromatic N) is 3. The molecule has 1 aromatic carbocycles. The Morgan fingerprint density at radius 3 is 2.69 bits per heavy atom. The minimum absolute atomic E-state index is 0.000153. The molecule has 0 saturated carbocycles. The first-order valence-electron chi connectivity index (χ1n) is 9.01. The van der Waals surface area contributed by atoms with Crippen LogP contribution in [0.2, 0.25) is 5.15 Å². The summed E-state index contributed by atoms with van der Waals surface area (Å²) in [7, 11) is -3.87. The molecule has 0 radical (unpaired) electrons. The molecular weight excluding hydrogens is 493 g/mol. The fraction of sp³-hybridized carbons (Fsp3) is 0.222. The van der Waals surface area contributed by atoms with E-state index in [0.717, 1.165) is 36.0 Å². The summed E-state index contributed by atoms with van der Waals surface area (Å²) >= 11 is 7.52. The van der Waals surface area contributed by atoms with E-state index in [1.54, 1.807) is 17.8 Å². The molecule has 1 aliphatic rings. The number of thiazole rings is 1. The van der Waals surface area contributed by atoms with Crippen LogP contribution < -0.4 is 5.32 Å². The molecule has 4 aromatic rings. The summed E-state index contributed by atoms with van der Waals surface area (Å²) in [5.74, 6) is -2.76. The Morgan fingerprint density at radius 1 is 1.28 bits per heavy atom. The van der Waals surface area contributed by atoms with Crippen LogP contribution in [0.3, 0.4) is 0 Å². The lowest BCUT2D eigenvalue weighted by atomic mass is 10.1. The highest BCUT2D eigenvalue weighted by atomic mass is 35.5. The van der Waals surface area contributed by atoms with E-state index in [4.69, 9.17) is 21.5 Å². The van der Waals surface area contributed by atoms with Crippen LogP contribution in [-0.4, -0.2) is 45.6 Å². The molecule has 170 valence electrons. The third-order valence-corrected chi connectivity index (χ3v) is 7.60. The number of halogens is 4. The maximum atomic E-state index is 13.4. The minimum Gasteiger partial charge on any atom is -0.475 e. The van der Waals surface area contributed by atoms with Gasteiger partial charge in [-0.15, -0.1) is 11.3 Å². The van der Waals surface area contributed by atoms with Crippen molar-refractivity contribution in [3.05, 3.63) is 52.3 Å². The number of benzene rings is 1. The number of rotatable bonds is 2. The number of imidazole rings is 1. The fourth-order valence-electron chi connectivity index (χ4n) is 3.46. The summed E-state index contributed by atoms with van der Waals surface area (Å²) in [5.41, 5.74) is 2.82. The van der Waals surface area contributed by atoms with Gasteiger partial charge in [0.15, 0.2) is 10.1 Å². The van der Waals surface area contributed by atoms with Crippen molar-refractivity contribution in [2.24, 2.45) is 0 Å². The highest BCUT2D eigenvalue weighted by molar-refractivity contribution is 7.90. The van der Waals surface area contributed by atoms with E-state index in [1.165, 1.54) is 19.7 Å². The number of hydrogen-bond donors (Lipinski definition) is 2. The molecule has 0 aliphatic carbocycles. The van der Waals surface area contributed by atoms with Gasteiger partial charge in [-0.25, -0.2) is 13.8 Å². The maximum absolute atomic E-state index is 13.4. The zero-order chi connectivity index (χ0) is 23.3. The van der Waals surface area contributed by atoms with E-state index < -0.39 is 22.2 Å². The van der Waals surface area contributed by atoms with E-state index in [2.05, 4.69) is 10.3 Å². The van der Waals surface area contributed by atoms with Gasteiger partial charge in [0.25, 0.3) is 10.0 Å². The van der Waals surface area contributed by atoms with Crippen molar-refractivity contribution in [1.29, 1.82) is 0 Å². The number of fused-ring (bicyclic) bond motifs is 1. The normalized spacial score (nSPS) is 14.2. The van der Waals surface area contributed by atoms with Crippen molar-refractivity contribution in [3.8, 4) is 0 Å². The van der Waals surface area contributed by atoms with E-state index in [0.29, 0.717) is 10.5 Å². The topological polar surface area (TPSA) is 106 Å². The monoisotopic (exact) mass is 506 g/mol. The molecule has 1 aliphatic heterocycles. The second-order valence-corrected chi connectivity index (χ2v) is 9.72. The minimum atomic E-state index is -5.08. The lowest BCUT2D eigenvalue weighted by Gasteiger charge is -2.08. The zero-order valence-electron chi connectivity index (χ0n) is 15.9. The summed E-state index contributed by atoms with van der Waals surface area (Å²) in [6.45, 7) is 1.55. The van der Waals surface area contributed by atoms with Crippen LogP contribution >= 0.6 is 22.9 Å². The number of nitrogens with one attached hydrogen (secondary N) is 1. The number of alkyl halides is 3. The summed E-state index contributed by atoms with van der Waals surface area (Å²) in [6, 6.07) is 5.76. The Morgan fingerprint density at radius 2 is 2.00 bits per heavy atom. The van der Waals surface area contributed by atoms with E-state index in [9.17, 15) is 21.6 Å². The SMILES string of the molecule is O=C(O)C(F)(F)F.O=S(=O)(c1c(Cl)nc2sccn12)n1cc2c3c(cccc31)CNCC2. The Hall–Kier alpha value is -2.61. The number of carboxylic acid groups (broad SMARTS) is 1. The summed E-state index contributed by atoms with van der Waals surface area (Å²) in [6.07, 6.45) is -0.903. The largest absolute Gasteiger partial charge is 0.490 e. The number of hydrogen-bond acceptors (Lipinski definition) is 6. The van der Waals surface area contributed by atoms with Crippen LogP contribution in [0, 0.1) is 0 Å². The van der Waals surface area contributed by atoms with Gasteiger partial charge in [-0.1, -0.05) is 23.7 Å². The molecule has 32 heavy (non-hydrogen) atoms. The van der Waals surface area contributed by atoms with Crippen molar-refractivity contribution in [2.45, 2.75) is 24.2 Å². The molecule has 2 N–H and O–H groups in total. The van der Waals surface area contributed by atoms with E-state index in [-0.39, 0.29) is 10.2 Å². The second-order valence-electron chi connectivity index (χ2n) is 6.76. The molecule has 0 saturated heterocycles. The molecule has 0 amide bonds. The van der Waals surface area contributed by atoms with Gasteiger partial charge in [-0.3, -0.25) is 4.40 Å². The lowest BCUT2D eigenvalue weighted by Crippen LogP contribution is -2.21. The number of carbonyl (C=O) groups is 1. The molecule has 4 heterocycles. The molecule has 0 bridgehead atoms. The Kier molecular flexibility index (Phi) is 5.69. The second kappa shape index (κ2) is 8.06. The predicted molar refractivity (Wildman–Crippen MR) is 112 cm³/mol. The first-order chi connectivity index (χ1) is 15.0. The third kappa shape index (κ3) is 3.85. The highest BCUT2D eigenvalue weighted by Crippen LogP contribution is 2.33. The average molecular weight is 507 g/mol. The quantitative estimate of drug-likeness (QED) is 0.431. The molecule has 5 rings (SSSR count). The standard InChI is InChI=1S/C16H13ClN4O2S2.C2HF3O2/c17-14-15(20-6-7-24-16(20)19-14)25(22,23)21-9-11-4-5-18-8-10-2-1-3-12(21)13(10)11;3-2(4,5)1(6)7/h1-3,6-7,9,18H,4-5,8H2;(H,6,7). The van der Waals surface area contributed by atoms with Gasteiger partial charge in [0, 0.05) is 29.7 Å². The van der Waals surface area contributed by atoms with E-state index >= 15 is 0 Å². The Labute approximate surface area is 187 Å². The molecule has 0 fully saturated rings. The molecular formula is C18H14ClF3N4O4S2. The van der Waals surface area contributed by atoms with Gasteiger partial charge in [-0.2, -0.15) is 21.6 Å². The van der Waals surface area contributed by atoms with Crippen molar-refractivity contribution in [2.75, 3.05) is 6.54 Å². The van der Waals surface area contributed by atoms with Crippen LogP contribution in [0.5, 0.6) is 0 Å². The van der Waals surface area contributed by atoms with Gasteiger partial charge in [0.1, 0.15) is 0 Å². The van der Waals surface area contributed by atoms with Crippen LogP contribution in [0.25, 0.3) is 15.9 Å². The van der Waals surface area contributed by atoms with E-state index in [1.807, 2.05) is 18.2 Å². The van der Waals surface area contributed by atoms with Gasteiger partial charge in [0.05, 0.1) is 5.52 Å². The summed E-state index contributed by atoms with van der Waals surface area (Å²) < 4.78 is 61.4. The Balaban J connectivity index is 0.000000307. The first kappa shape index (κ1) is 22.6. The van der Waals surface area contributed by atoms with Gasteiger partial charge >= 0.3 is 12.1 Å².